The number of hydrogen-bond donors (Lipinski definition) is 7. The Morgan fingerprint density at radius 3 is 1.29 bits per heavy atom. The molecule has 1 fully saturated rings. The van der Waals surface area contributed by atoms with Gasteiger partial charge in [-0.2, -0.15) is 24.7 Å². The molecule has 0 unspecified atom stereocenters. The number of alkyl halides is 1. The van der Waals surface area contributed by atoms with E-state index in [-0.39, 0.29) is 23.2 Å². The van der Waals surface area contributed by atoms with Gasteiger partial charge in [0.05, 0.1) is 57.4 Å². The first kappa shape index (κ1) is 81.8. The summed E-state index contributed by atoms with van der Waals surface area (Å²) in [6.45, 7) is 28.9. The predicted molar refractivity (Wildman–Crippen MR) is 430 cm³/mol. The second-order valence-electron chi connectivity index (χ2n) is 27.7. The number of rotatable bonds is 10. The number of nitrogen functional groups attached to an aromatic ring is 3. The van der Waals surface area contributed by atoms with Crippen molar-refractivity contribution in [1.29, 1.82) is 0 Å². The van der Waals surface area contributed by atoms with Crippen molar-refractivity contribution in [2.24, 2.45) is 0 Å². The van der Waals surface area contributed by atoms with Crippen LogP contribution in [0, 0.1) is 0 Å². The van der Waals surface area contributed by atoms with Crippen LogP contribution in [0.4, 0.5) is 27.0 Å². The van der Waals surface area contributed by atoms with Crippen molar-refractivity contribution < 1.29 is 53.2 Å². The number of benzene rings is 6. The third kappa shape index (κ3) is 20.0. The number of aromatic hydroxyl groups is 3. The summed E-state index contributed by atoms with van der Waals surface area (Å²) in [5.74, 6) is 1.96. The minimum Gasteiger partial charge on any atom is -0.508 e. The van der Waals surface area contributed by atoms with Gasteiger partial charge in [0.25, 0.3) is 0 Å². The van der Waals surface area contributed by atoms with Gasteiger partial charge in [0.15, 0.2) is 0 Å². The third-order valence-corrected chi connectivity index (χ3v) is 18.2. The van der Waals surface area contributed by atoms with Crippen molar-refractivity contribution in [3.8, 4) is 72.9 Å². The molecule has 0 atom stereocenters. The minimum atomic E-state index is -0.611. The smallest absolute Gasteiger partial charge is 0.494 e. The summed E-state index contributed by atoms with van der Waals surface area (Å²) in [5.41, 5.74) is 32.6. The zero-order valence-electron chi connectivity index (χ0n) is 63.2. The number of phenolic OH excluding ortho intramolecular Hbond substituents is 3. The average molecular weight is 1540 g/mol. The summed E-state index contributed by atoms with van der Waals surface area (Å²) in [5, 5.41) is 46.6. The molecule has 23 nitrogen and oxygen atoms in total. The van der Waals surface area contributed by atoms with Crippen molar-refractivity contribution in [3.63, 3.8) is 0 Å². The number of nitrogens with zero attached hydrogens (tertiary/aromatic N) is 8. The lowest BCUT2D eigenvalue weighted by Crippen LogP contribution is -2.41. The number of carbonyl (C=O) groups is 3. The number of aromatic amines is 1. The summed E-state index contributed by atoms with van der Waals surface area (Å²) in [4.78, 5) is 47.6. The van der Waals surface area contributed by atoms with Gasteiger partial charge in [-0.05, 0) is 228 Å². The van der Waals surface area contributed by atoms with Crippen molar-refractivity contribution >= 4 is 108 Å². The van der Waals surface area contributed by atoms with Gasteiger partial charge >= 0.3 is 25.3 Å². The van der Waals surface area contributed by atoms with Crippen LogP contribution in [0.5, 0.6) is 17.2 Å². The first-order valence-corrected chi connectivity index (χ1v) is 36.3. The van der Waals surface area contributed by atoms with E-state index in [1.165, 1.54) is 22.7 Å². The number of pyridine rings is 3. The van der Waals surface area contributed by atoms with E-state index in [1.807, 2.05) is 154 Å². The van der Waals surface area contributed by atoms with Crippen LogP contribution in [0.1, 0.15) is 121 Å². The third-order valence-electron chi connectivity index (χ3n) is 17.4. The fraction of sp³-hybridized carbons (Fsp3) is 0.296. The molecule has 0 saturated carbocycles. The van der Waals surface area contributed by atoms with Gasteiger partial charge in [-0.25, -0.2) is 24.5 Å². The Kier molecular flexibility index (Phi) is 26.8. The SMILES string of the molecule is CC(C)(C)OC(=O)n1ncc2cc(B3OC(C)(C)C(C)(C)O3)ccc21.CCOC(C)=O.CCc1c(-c2ccc(O)cc2)cnc(N)c1-c1ccc2[nH]ncc2c1.CCc1c(-c2ccc(O)cc2)cnc(N)c1-c1ccc2c(cnn2C(=O)OC(C)(C)C)c1.CCc1c(-c2ccc(O)cc2)cnc(N)c1Br.CCl. The van der Waals surface area contributed by atoms with Gasteiger partial charge in [-0.15, -0.1) is 11.6 Å². The Bertz CT molecular complexity index is 5070. The molecule has 0 amide bonds. The van der Waals surface area contributed by atoms with E-state index < -0.39 is 41.7 Å². The lowest BCUT2D eigenvalue weighted by molar-refractivity contribution is -0.140. The molecule has 26 heteroatoms. The van der Waals surface area contributed by atoms with E-state index in [1.54, 1.807) is 80.5 Å². The molecule has 560 valence electrons. The fourth-order valence-corrected chi connectivity index (χ4v) is 12.2. The monoisotopic (exact) mass is 1530 g/mol. The van der Waals surface area contributed by atoms with E-state index in [0.29, 0.717) is 35.1 Å². The Hall–Kier alpha value is -10.9. The first-order valence-electron chi connectivity index (χ1n) is 34.7. The number of H-pyrrole nitrogens is 1. The number of aromatic nitrogens is 9. The van der Waals surface area contributed by atoms with Gasteiger partial charge in [-0.1, -0.05) is 81.4 Å². The second kappa shape index (κ2) is 35.0. The zero-order chi connectivity index (χ0) is 78.5. The van der Waals surface area contributed by atoms with Gasteiger partial charge in [0, 0.05) is 75.9 Å². The highest BCUT2D eigenvalue weighted by molar-refractivity contribution is 9.10. The van der Waals surface area contributed by atoms with Gasteiger partial charge < -0.3 is 56.0 Å². The molecule has 0 spiro atoms. The average Bonchev–Trinajstić information content (AvgIpc) is 1.78. The molecule has 12 aromatic rings. The zero-order valence-corrected chi connectivity index (χ0v) is 65.5. The molecule has 6 aromatic heterocycles. The summed E-state index contributed by atoms with van der Waals surface area (Å²) in [6.07, 6.45) is 13.3. The van der Waals surface area contributed by atoms with Crippen LogP contribution < -0.4 is 22.7 Å². The molecule has 0 aliphatic carbocycles. The Morgan fingerprint density at radius 1 is 0.523 bits per heavy atom. The quantitative estimate of drug-likeness (QED) is 0.0289. The summed E-state index contributed by atoms with van der Waals surface area (Å²) in [6, 6.07) is 38.7. The molecule has 1 aliphatic heterocycles. The van der Waals surface area contributed by atoms with E-state index in [2.05, 4.69) is 94.5 Å². The topological polar surface area (TPSA) is 339 Å². The largest absolute Gasteiger partial charge is 0.508 e. The molecule has 1 saturated heterocycles. The standard InChI is InChI=1S/C25H26N4O3.C20H18N4O.C18H25BN2O4.C13H13BrN2O.C4H8O2.CH3Cl/c1-5-19-20(15-6-9-18(30)10-7-15)14-27-23(26)22(19)16-8-11-21-17(12-16)13-28-29(21)24(31)32-25(2,3)4;1-2-16-17(12-3-6-15(25)7-4-12)11-22-20(21)19(16)13-5-8-18-14(9-13)10-23-24-18;1-16(2,3)23-15(22)21-14-9-8-13(10-12(14)11-20-21)19-24-17(4,5)18(6,7)25-19;1-2-10-11(7-16-13(15)12(10)14)8-3-5-9(17)6-4-8;1-3-6-4(2)5;1-2/h6-14,30H,5H2,1-4H3,(H2,26,27);3-11,25H,2H2,1H3,(H2,21,22)(H,23,24);8-11H,1-7H3;3-7,17H,2H2,1H3,(H2,15,16);3H2,1-2H3;1H3. The number of hydrogen-bond acceptors (Lipinski definition) is 20. The van der Waals surface area contributed by atoms with Gasteiger partial charge in [0.2, 0.25) is 0 Å². The molecule has 107 heavy (non-hydrogen) atoms. The van der Waals surface area contributed by atoms with Crippen LogP contribution in [0.3, 0.4) is 0 Å². The maximum absolute atomic E-state index is 12.5. The lowest BCUT2D eigenvalue weighted by Gasteiger charge is -2.32. The number of carbonyl (C=O) groups excluding carboxylic acids is 3. The Morgan fingerprint density at radius 2 is 0.897 bits per heavy atom. The number of halogens is 2. The number of fused-ring (bicyclic) bond motifs is 3. The number of esters is 1. The molecule has 10 N–H and O–H groups in total. The van der Waals surface area contributed by atoms with Crippen LogP contribution in [0.25, 0.3) is 88.3 Å². The van der Waals surface area contributed by atoms with Crippen LogP contribution in [-0.4, -0.2) is 121 Å². The normalized spacial score (nSPS) is 12.7. The van der Waals surface area contributed by atoms with Crippen LogP contribution >= 0.6 is 27.5 Å². The fourth-order valence-electron chi connectivity index (χ4n) is 11.6. The summed E-state index contributed by atoms with van der Waals surface area (Å²) < 4.78 is 30.8. The molecule has 0 bridgehead atoms. The number of anilines is 3. The van der Waals surface area contributed by atoms with Crippen LogP contribution in [0.15, 0.2) is 169 Å². The second-order valence-corrected chi connectivity index (χ2v) is 28.5. The summed E-state index contributed by atoms with van der Waals surface area (Å²) >= 11 is 8.10. The molecule has 7 heterocycles. The number of nitrogens with two attached hydrogens (primary N) is 3. The number of ether oxygens (including phenoxy) is 3. The van der Waals surface area contributed by atoms with Crippen molar-refractivity contribution in [2.45, 2.75) is 146 Å². The van der Waals surface area contributed by atoms with Gasteiger partial charge in [0.1, 0.15) is 45.9 Å². The van der Waals surface area contributed by atoms with E-state index in [0.717, 1.165) is 123 Å². The predicted octanol–water partition coefficient (Wildman–Crippen LogP) is 17.4. The Labute approximate surface area is 637 Å². The maximum Gasteiger partial charge on any atom is 0.494 e. The van der Waals surface area contributed by atoms with E-state index >= 15 is 0 Å². The molecule has 1 aliphatic rings. The van der Waals surface area contributed by atoms with E-state index in [4.69, 9.17) is 36.0 Å². The highest BCUT2D eigenvalue weighted by Gasteiger charge is 2.52. The van der Waals surface area contributed by atoms with Crippen molar-refractivity contribution in [3.05, 3.63) is 186 Å². The van der Waals surface area contributed by atoms with Gasteiger partial charge in [-0.3, -0.25) is 9.89 Å². The minimum absolute atomic E-state index is 0.211. The van der Waals surface area contributed by atoms with Crippen molar-refractivity contribution in [2.75, 3.05) is 30.2 Å². The van der Waals surface area contributed by atoms with Crippen LogP contribution in [-0.2, 0) is 47.6 Å². The van der Waals surface area contributed by atoms with E-state index in [9.17, 15) is 29.7 Å². The molecule has 6 aromatic carbocycles. The maximum atomic E-state index is 12.5. The lowest BCUT2D eigenvalue weighted by atomic mass is 9.79. The van der Waals surface area contributed by atoms with Crippen molar-refractivity contribution in [1.82, 2.24) is 44.7 Å². The Balaban J connectivity index is 0.000000177. The summed E-state index contributed by atoms with van der Waals surface area (Å²) in [7, 11) is -0.445. The number of nitrogens with one attached hydrogen (secondary N) is 1. The molecule has 13 rings (SSSR count). The molecular formula is C81H93BBrClN12O11. The number of phenols is 3. The highest BCUT2D eigenvalue weighted by Crippen LogP contribution is 2.41. The molecular weight excluding hydrogens is 1440 g/mol. The van der Waals surface area contributed by atoms with Crippen LogP contribution in [0.2, 0.25) is 0 Å². The molecule has 0 radical (unpaired) electrons. The first-order chi connectivity index (χ1) is 50.6. The highest BCUT2D eigenvalue weighted by atomic mass is 79.9.